The fourth-order valence-electron chi connectivity index (χ4n) is 3.59. The van der Waals surface area contributed by atoms with Gasteiger partial charge in [0.15, 0.2) is 0 Å². The Kier molecular flexibility index (Phi) is 9.37. The fraction of sp³-hybridized carbons (Fsp3) is 0.650. The Morgan fingerprint density at radius 2 is 1.78 bits per heavy atom. The molecule has 0 saturated carbocycles. The zero-order valence-electron chi connectivity index (χ0n) is 19.3. The van der Waals surface area contributed by atoms with E-state index in [-0.39, 0.29) is 23.0 Å². The van der Waals surface area contributed by atoms with Crippen molar-refractivity contribution in [3.63, 3.8) is 0 Å². The maximum absolute atomic E-state index is 12.5. The molecule has 1 N–H and O–H groups in total. The van der Waals surface area contributed by atoms with E-state index in [9.17, 15) is 23.3 Å². The number of likely N-dealkylation sites (N-methyl/N-ethyl adjacent to an activating group) is 2. The molecular weight excluding hydrogens is 436 g/mol. The van der Waals surface area contributed by atoms with Crippen LogP contribution in [-0.2, 0) is 14.8 Å². The number of piperazine rings is 1. The number of nitro benzene ring substituents is 1. The van der Waals surface area contributed by atoms with E-state index >= 15 is 0 Å². The number of carbonyl (C=O) groups excluding carboxylic acids is 1. The number of nitrogens with one attached hydrogen (secondary N) is 1. The lowest BCUT2D eigenvalue weighted by Crippen LogP contribution is -2.50. The van der Waals surface area contributed by atoms with E-state index in [0.29, 0.717) is 58.0 Å². The molecule has 0 aromatic heterocycles. The van der Waals surface area contributed by atoms with Crippen LogP contribution in [-0.4, -0.2) is 107 Å². The van der Waals surface area contributed by atoms with Crippen LogP contribution in [0, 0.1) is 10.1 Å². The van der Waals surface area contributed by atoms with Gasteiger partial charge in [-0.25, -0.2) is 13.1 Å². The van der Waals surface area contributed by atoms with Crippen LogP contribution < -0.4 is 9.62 Å². The van der Waals surface area contributed by atoms with Gasteiger partial charge >= 0.3 is 0 Å². The Bertz CT molecular complexity index is 896. The van der Waals surface area contributed by atoms with Gasteiger partial charge in [0.1, 0.15) is 5.69 Å². The lowest BCUT2D eigenvalue weighted by atomic mass is 10.2. The number of carbonyl (C=O) groups is 1. The van der Waals surface area contributed by atoms with E-state index < -0.39 is 14.9 Å². The number of rotatable bonds is 11. The predicted octanol–water partition coefficient (Wildman–Crippen LogP) is 0.425. The Morgan fingerprint density at radius 1 is 1.16 bits per heavy atom. The first-order valence-corrected chi connectivity index (χ1v) is 12.2. The van der Waals surface area contributed by atoms with Crippen molar-refractivity contribution in [2.24, 2.45) is 0 Å². The molecule has 1 fully saturated rings. The Balaban J connectivity index is 2.09. The molecule has 180 valence electrons. The third-order valence-electron chi connectivity index (χ3n) is 5.49. The van der Waals surface area contributed by atoms with E-state index in [1.807, 2.05) is 42.6 Å². The number of hydrogen-bond donors (Lipinski definition) is 1. The molecule has 0 bridgehead atoms. The molecule has 32 heavy (non-hydrogen) atoms. The molecule has 0 unspecified atom stereocenters. The summed E-state index contributed by atoms with van der Waals surface area (Å²) in [4.78, 5) is 30.9. The van der Waals surface area contributed by atoms with Gasteiger partial charge in [-0.05, 0) is 40.1 Å². The smallest absolute Gasteiger partial charge is 0.293 e. The number of hydrogen-bond acceptors (Lipinski definition) is 8. The van der Waals surface area contributed by atoms with E-state index in [0.717, 1.165) is 6.07 Å². The van der Waals surface area contributed by atoms with Crippen LogP contribution >= 0.6 is 0 Å². The highest BCUT2D eigenvalue weighted by Crippen LogP contribution is 2.31. The summed E-state index contributed by atoms with van der Waals surface area (Å²) in [5.74, 6) is 0.0748. The number of nitrogens with zero attached hydrogens (tertiary/aromatic N) is 5. The zero-order valence-corrected chi connectivity index (χ0v) is 20.1. The van der Waals surface area contributed by atoms with Crippen LogP contribution in [0.15, 0.2) is 23.1 Å². The van der Waals surface area contributed by atoms with Crippen LogP contribution in [0.5, 0.6) is 0 Å². The summed E-state index contributed by atoms with van der Waals surface area (Å²) in [6.45, 7) is 8.49. The van der Waals surface area contributed by atoms with Gasteiger partial charge in [0.05, 0.1) is 16.4 Å². The number of anilines is 1. The lowest BCUT2D eigenvalue weighted by Gasteiger charge is -2.36. The van der Waals surface area contributed by atoms with Gasteiger partial charge in [0.25, 0.3) is 5.69 Å². The van der Waals surface area contributed by atoms with Crippen molar-refractivity contribution < 1.29 is 18.1 Å². The van der Waals surface area contributed by atoms with Crippen molar-refractivity contribution in [2.45, 2.75) is 18.7 Å². The maximum atomic E-state index is 12.5. The van der Waals surface area contributed by atoms with Gasteiger partial charge in [-0.2, -0.15) is 0 Å². The van der Waals surface area contributed by atoms with E-state index in [1.54, 1.807) is 4.90 Å². The quantitative estimate of drug-likeness (QED) is 0.365. The summed E-state index contributed by atoms with van der Waals surface area (Å²) in [5, 5.41) is 11.7. The number of sulfonamides is 1. The summed E-state index contributed by atoms with van der Waals surface area (Å²) < 4.78 is 27.5. The molecule has 1 aromatic carbocycles. The van der Waals surface area contributed by atoms with Crippen molar-refractivity contribution >= 4 is 27.3 Å². The van der Waals surface area contributed by atoms with Crippen molar-refractivity contribution in [3.8, 4) is 0 Å². The topological polar surface area (TPSA) is 119 Å². The molecule has 1 amide bonds. The number of benzene rings is 1. The summed E-state index contributed by atoms with van der Waals surface area (Å²) in [5.41, 5.74) is 0.144. The molecular formula is C20H34N6O5S. The third-order valence-corrected chi connectivity index (χ3v) is 6.95. The minimum absolute atomic E-state index is 0.0748. The van der Waals surface area contributed by atoms with Crippen molar-refractivity contribution in [1.82, 2.24) is 19.4 Å². The van der Waals surface area contributed by atoms with Gasteiger partial charge < -0.3 is 14.7 Å². The zero-order chi connectivity index (χ0) is 23.9. The average molecular weight is 471 g/mol. The number of amides is 1. The van der Waals surface area contributed by atoms with Crippen molar-refractivity contribution in [1.29, 1.82) is 0 Å². The SMILES string of the molecule is CCN(CC)C(=O)CN1CCN(c2ccc(S(=O)(=O)NCCN(C)C)cc2[N+](=O)[O-])CC1. The summed E-state index contributed by atoms with van der Waals surface area (Å²) in [6.07, 6.45) is 0. The lowest BCUT2D eigenvalue weighted by molar-refractivity contribution is -0.384. The van der Waals surface area contributed by atoms with Gasteiger partial charge in [0, 0.05) is 58.4 Å². The standard InChI is InChI=1S/C20H34N6O5S/c1-5-24(6-2)20(27)16-23-11-13-25(14-12-23)18-8-7-17(15-19(18)26(28)29)32(30,31)21-9-10-22(3)4/h7-8,15,21H,5-6,9-14,16H2,1-4H3. The minimum Gasteiger partial charge on any atom is -0.363 e. The molecule has 0 atom stereocenters. The predicted molar refractivity (Wildman–Crippen MR) is 123 cm³/mol. The molecule has 12 heteroatoms. The van der Waals surface area contributed by atoms with Crippen LogP contribution in [0.4, 0.5) is 11.4 Å². The van der Waals surface area contributed by atoms with E-state index in [2.05, 4.69) is 4.72 Å². The van der Waals surface area contributed by atoms with Crippen LogP contribution in [0.25, 0.3) is 0 Å². The van der Waals surface area contributed by atoms with Crippen molar-refractivity contribution in [2.75, 3.05) is 77.9 Å². The molecule has 0 spiro atoms. The molecule has 0 radical (unpaired) electrons. The maximum Gasteiger partial charge on any atom is 0.293 e. The van der Waals surface area contributed by atoms with Crippen LogP contribution in [0.2, 0.25) is 0 Å². The highest BCUT2D eigenvalue weighted by molar-refractivity contribution is 7.89. The number of nitro groups is 1. The Labute approximate surface area is 190 Å². The highest BCUT2D eigenvalue weighted by atomic mass is 32.2. The molecule has 1 aromatic rings. The molecule has 1 heterocycles. The van der Waals surface area contributed by atoms with E-state index in [4.69, 9.17) is 0 Å². The highest BCUT2D eigenvalue weighted by Gasteiger charge is 2.27. The Morgan fingerprint density at radius 3 is 2.31 bits per heavy atom. The summed E-state index contributed by atoms with van der Waals surface area (Å²) in [6, 6.07) is 4.01. The minimum atomic E-state index is -3.85. The van der Waals surface area contributed by atoms with Gasteiger partial charge in [-0.1, -0.05) is 0 Å². The molecule has 1 aliphatic heterocycles. The van der Waals surface area contributed by atoms with Crippen LogP contribution in [0.3, 0.4) is 0 Å². The molecule has 0 aliphatic carbocycles. The monoisotopic (exact) mass is 470 g/mol. The average Bonchev–Trinajstić information content (AvgIpc) is 2.74. The normalized spacial score (nSPS) is 15.2. The molecule has 1 saturated heterocycles. The van der Waals surface area contributed by atoms with Gasteiger partial charge in [-0.3, -0.25) is 19.8 Å². The molecule has 2 rings (SSSR count). The van der Waals surface area contributed by atoms with Gasteiger partial charge in [0.2, 0.25) is 15.9 Å². The largest absolute Gasteiger partial charge is 0.363 e. The second-order valence-electron chi connectivity index (χ2n) is 7.94. The first-order valence-electron chi connectivity index (χ1n) is 10.8. The molecule has 1 aliphatic rings. The second-order valence-corrected chi connectivity index (χ2v) is 9.70. The summed E-state index contributed by atoms with van der Waals surface area (Å²) >= 11 is 0. The van der Waals surface area contributed by atoms with E-state index in [1.165, 1.54) is 12.1 Å². The fourth-order valence-corrected chi connectivity index (χ4v) is 4.63. The van der Waals surface area contributed by atoms with Crippen molar-refractivity contribution in [3.05, 3.63) is 28.3 Å². The Hall–Kier alpha value is -2.28. The van der Waals surface area contributed by atoms with Gasteiger partial charge in [-0.15, -0.1) is 0 Å². The third kappa shape index (κ3) is 6.86. The molecule has 11 nitrogen and oxygen atoms in total. The first kappa shape index (κ1) is 26.0. The summed E-state index contributed by atoms with van der Waals surface area (Å²) in [7, 11) is -0.192. The second kappa shape index (κ2) is 11.5. The first-order chi connectivity index (χ1) is 15.1. The van der Waals surface area contributed by atoms with Crippen LogP contribution in [0.1, 0.15) is 13.8 Å².